The molecule has 0 aliphatic carbocycles. The van der Waals surface area contributed by atoms with Crippen LogP contribution in [0.5, 0.6) is 0 Å². The highest BCUT2D eigenvalue weighted by Crippen LogP contribution is 2.12. The molecule has 0 amide bonds. The van der Waals surface area contributed by atoms with Gasteiger partial charge in [0.05, 0.1) is 13.2 Å². The molecule has 2 rings (SSSR count). The lowest BCUT2D eigenvalue weighted by Gasteiger charge is -2.29. The highest BCUT2D eigenvalue weighted by atomic mass is 35.5. The predicted molar refractivity (Wildman–Crippen MR) is 105 cm³/mol. The summed E-state index contributed by atoms with van der Waals surface area (Å²) in [7, 11) is 2.06. The van der Waals surface area contributed by atoms with Crippen LogP contribution >= 0.6 is 11.6 Å². The van der Waals surface area contributed by atoms with Gasteiger partial charge in [0.15, 0.2) is 5.96 Å². The summed E-state index contributed by atoms with van der Waals surface area (Å²) in [4.78, 5) is 9.45. The van der Waals surface area contributed by atoms with Crippen molar-refractivity contribution in [3.8, 4) is 0 Å². The van der Waals surface area contributed by atoms with E-state index in [2.05, 4.69) is 42.1 Å². The molecule has 0 spiro atoms. The van der Waals surface area contributed by atoms with E-state index in [1.807, 2.05) is 18.2 Å². The maximum absolute atomic E-state index is 6.09. The molecule has 1 fully saturated rings. The minimum absolute atomic E-state index is 0.520. The van der Waals surface area contributed by atoms with Crippen molar-refractivity contribution in [1.82, 2.24) is 15.1 Å². The van der Waals surface area contributed by atoms with Gasteiger partial charge in [0, 0.05) is 51.3 Å². The SMILES string of the molecule is CCNC(=NCC(C)CN1CCOCC1)N(C)Cc1cccc(Cl)c1. The topological polar surface area (TPSA) is 40.1 Å². The zero-order valence-electron chi connectivity index (χ0n) is 15.7. The summed E-state index contributed by atoms with van der Waals surface area (Å²) >= 11 is 6.09. The van der Waals surface area contributed by atoms with E-state index >= 15 is 0 Å². The molecule has 1 aliphatic rings. The first-order valence-electron chi connectivity index (χ1n) is 9.12. The van der Waals surface area contributed by atoms with E-state index in [0.29, 0.717) is 5.92 Å². The van der Waals surface area contributed by atoms with Crippen molar-refractivity contribution in [2.24, 2.45) is 10.9 Å². The summed E-state index contributed by atoms with van der Waals surface area (Å²) in [6.45, 7) is 11.7. The van der Waals surface area contributed by atoms with Crippen LogP contribution < -0.4 is 5.32 Å². The molecule has 6 heteroatoms. The largest absolute Gasteiger partial charge is 0.379 e. The van der Waals surface area contributed by atoms with Crippen molar-refractivity contribution < 1.29 is 4.74 Å². The highest BCUT2D eigenvalue weighted by Gasteiger charge is 2.14. The standard InChI is InChI=1S/C19H31ClN4O/c1-4-21-19(23(3)15-17-6-5-7-18(20)12-17)22-13-16(2)14-24-8-10-25-11-9-24/h5-7,12,16H,4,8-11,13-15H2,1-3H3,(H,21,22). The number of guanidine groups is 1. The Bertz CT molecular complexity index is 546. The van der Waals surface area contributed by atoms with Gasteiger partial charge in [-0.15, -0.1) is 0 Å². The molecule has 25 heavy (non-hydrogen) atoms. The number of hydrogen-bond donors (Lipinski definition) is 1. The van der Waals surface area contributed by atoms with E-state index in [1.165, 1.54) is 5.56 Å². The summed E-state index contributed by atoms with van der Waals surface area (Å²) < 4.78 is 5.41. The van der Waals surface area contributed by atoms with E-state index in [1.54, 1.807) is 0 Å². The average molecular weight is 367 g/mol. The summed E-state index contributed by atoms with van der Waals surface area (Å²) in [6.07, 6.45) is 0. The molecule has 1 N–H and O–H groups in total. The number of nitrogens with one attached hydrogen (secondary N) is 1. The third-order valence-corrected chi connectivity index (χ3v) is 4.47. The summed E-state index contributed by atoms with van der Waals surface area (Å²) in [6, 6.07) is 7.98. The fourth-order valence-electron chi connectivity index (χ4n) is 2.98. The second-order valence-corrected chi connectivity index (χ2v) is 7.14. The average Bonchev–Trinajstić information content (AvgIpc) is 2.59. The van der Waals surface area contributed by atoms with Gasteiger partial charge in [0.1, 0.15) is 0 Å². The van der Waals surface area contributed by atoms with Gasteiger partial charge in [0.2, 0.25) is 0 Å². The van der Waals surface area contributed by atoms with Crippen LogP contribution in [0.25, 0.3) is 0 Å². The second kappa shape index (κ2) is 10.6. The van der Waals surface area contributed by atoms with E-state index in [4.69, 9.17) is 21.3 Å². The van der Waals surface area contributed by atoms with Crippen molar-refractivity contribution in [2.75, 3.05) is 53.0 Å². The first kappa shape index (κ1) is 20.0. The molecule has 140 valence electrons. The second-order valence-electron chi connectivity index (χ2n) is 6.70. The molecule has 1 unspecified atom stereocenters. The van der Waals surface area contributed by atoms with E-state index < -0.39 is 0 Å². The Morgan fingerprint density at radius 1 is 1.40 bits per heavy atom. The number of nitrogens with zero attached hydrogens (tertiary/aromatic N) is 3. The molecule has 1 heterocycles. The molecule has 1 aromatic rings. The van der Waals surface area contributed by atoms with Crippen molar-refractivity contribution >= 4 is 17.6 Å². The van der Waals surface area contributed by atoms with Gasteiger partial charge in [-0.2, -0.15) is 0 Å². The van der Waals surface area contributed by atoms with Crippen LogP contribution in [0.4, 0.5) is 0 Å². The molecule has 1 saturated heterocycles. The zero-order valence-corrected chi connectivity index (χ0v) is 16.4. The summed E-state index contributed by atoms with van der Waals surface area (Å²) in [5.74, 6) is 1.46. The molecule has 1 atom stereocenters. The van der Waals surface area contributed by atoms with E-state index in [0.717, 1.165) is 63.5 Å². The van der Waals surface area contributed by atoms with Crippen LogP contribution in [0.1, 0.15) is 19.4 Å². The van der Waals surface area contributed by atoms with Gasteiger partial charge in [-0.3, -0.25) is 9.89 Å². The van der Waals surface area contributed by atoms with Gasteiger partial charge in [-0.05, 0) is 30.5 Å². The monoisotopic (exact) mass is 366 g/mol. The zero-order chi connectivity index (χ0) is 18.1. The number of ether oxygens (including phenoxy) is 1. The number of benzene rings is 1. The Kier molecular flexibility index (Phi) is 8.52. The number of halogens is 1. The van der Waals surface area contributed by atoms with Crippen molar-refractivity contribution in [3.05, 3.63) is 34.9 Å². The lowest BCUT2D eigenvalue weighted by Crippen LogP contribution is -2.40. The Labute approximate surface area is 157 Å². The molecule has 0 radical (unpaired) electrons. The Balaban J connectivity index is 1.89. The van der Waals surface area contributed by atoms with Crippen molar-refractivity contribution in [1.29, 1.82) is 0 Å². The van der Waals surface area contributed by atoms with Crippen LogP contribution in [0, 0.1) is 5.92 Å². The van der Waals surface area contributed by atoms with Gasteiger partial charge < -0.3 is 15.0 Å². The van der Waals surface area contributed by atoms with Crippen LogP contribution in [0.2, 0.25) is 5.02 Å². The summed E-state index contributed by atoms with van der Waals surface area (Å²) in [5, 5.41) is 4.16. The molecule has 1 aromatic carbocycles. The Hall–Kier alpha value is -1.30. The molecular formula is C19H31ClN4O. The maximum atomic E-state index is 6.09. The van der Waals surface area contributed by atoms with Gasteiger partial charge >= 0.3 is 0 Å². The number of aliphatic imine (C=N–C) groups is 1. The van der Waals surface area contributed by atoms with Crippen molar-refractivity contribution in [3.63, 3.8) is 0 Å². The fraction of sp³-hybridized carbons (Fsp3) is 0.632. The van der Waals surface area contributed by atoms with Gasteiger partial charge in [0.25, 0.3) is 0 Å². The lowest BCUT2D eigenvalue weighted by atomic mass is 10.1. The number of rotatable bonds is 7. The minimum Gasteiger partial charge on any atom is -0.379 e. The quantitative estimate of drug-likeness (QED) is 0.595. The smallest absolute Gasteiger partial charge is 0.193 e. The van der Waals surface area contributed by atoms with Crippen LogP contribution in [0.3, 0.4) is 0 Å². The first-order valence-corrected chi connectivity index (χ1v) is 9.50. The van der Waals surface area contributed by atoms with E-state index in [9.17, 15) is 0 Å². The third-order valence-electron chi connectivity index (χ3n) is 4.23. The fourth-order valence-corrected chi connectivity index (χ4v) is 3.19. The molecule has 5 nitrogen and oxygen atoms in total. The Morgan fingerprint density at radius 3 is 2.84 bits per heavy atom. The molecule has 0 aromatic heterocycles. The van der Waals surface area contributed by atoms with Crippen LogP contribution in [-0.2, 0) is 11.3 Å². The summed E-state index contributed by atoms with van der Waals surface area (Å²) in [5.41, 5.74) is 1.18. The van der Waals surface area contributed by atoms with Crippen LogP contribution in [-0.4, -0.2) is 68.7 Å². The lowest BCUT2D eigenvalue weighted by molar-refractivity contribution is 0.0323. The van der Waals surface area contributed by atoms with Gasteiger partial charge in [-0.25, -0.2) is 0 Å². The normalized spacial score (nSPS) is 17.4. The third kappa shape index (κ3) is 7.22. The molecule has 0 bridgehead atoms. The molecular weight excluding hydrogens is 336 g/mol. The minimum atomic E-state index is 0.520. The first-order chi connectivity index (χ1) is 12.1. The van der Waals surface area contributed by atoms with E-state index in [-0.39, 0.29) is 0 Å². The Morgan fingerprint density at radius 2 is 2.16 bits per heavy atom. The van der Waals surface area contributed by atoms with Gasteiger partial charge in [-0.1, -0.05) is 30.7 Å². The molecule has 0 saturated carbocycles. The molecule has 1 aliphatic heterocycles. The van der Waals surface area contributed by atoms with Crippen molar-refractivity contribution in [2.45, 2.75) is 20.4 Å². The maximum Gasteiger partial charge on any atom is 0.193 e. The highest BCUT2D eigenvalue weighted by molar-refractivity contribution is 6.30. The van der Waals surface area contributed by atoms with Crippen LogP contribution in [0.15, 0.2) is 29.3 Å². The predicted octanol–water partition coefficient (Wildman–Crippen LogP) is 2.71. The number of hydrogen-bond acceptors (Lipinski definition) is 3. The number of morpholine rings is 1.